The fourth-order valence-corrected chi connectivity index (χ4v) is 5.14. The van der Waals surface area contributed by atoms with Gasteiger partial charge in [-0.2, -0.15) is 4.31 Å². The smallest absolute Gasteiger partial charge is 0.217 e. The van der Waals surface area contributed by atoms with Crippen LogP contribution in [0.25, 0.3) is 0 Å². The molecule has 0 spiro atoms. The number of sulfone groups is 1. The minimum atomic E-state index is -3.19. The molecule has 1 saturated carbocycles. The molecule has 22 heavy (non-hydrogen) atoms. The third kappa shape index (κ3) is 3.13. The van der Waals surface area contributed by atoms with E-state index in [1.54, 1.807) is 28.6 Å². The van der Waals surface area contributed by atoms with E-state index in [0.29, 0.717) is 31.1 Å². The lowest BCUT2D eigenvalue weighted by atomic mass is 10.2. The number of nitrogens with zero attached hydrogens (tertiary/aromatic N) is 2. The Balaban J connectivity index is 1.66. The summed E-state index contributed by atoms with van der Waals surface area (Å²) in [5.41, 5.74) is 0.927. The van der Waals surface area contributed by atoms with E-state index in [9.17, 15) is 16.8 Å². The van der Waals surface area contributed by atoms with Crippen molar-refractivity contribution in [2.45, 2.75) is 23.0 Å². The van der Waals surface area contributed by atoms with E-state index in [1.165, 1.54) is 6.26 Å². The molecule has 0 radical (unpaired) electrons. The lowest BCUT2D eigenvalue weighted by Gasteiger charge is -2.35. The van der Waals surface area contributed by atoms with Gasteiger partial charge in [0.1, 0.15) is 0 Å². The van der Waals surface area contributed by atoms with Crippen LogP contribution in [-0.4, -0.2) is 58.8 Å². The minimum Gasteiger partial charge on any atom is -0.369 e. The van der Waals surface area contributed by atoms with Crippen LogP contribution in [0.5, 0.6) is 0 Å². The van der Waals surface area contributed by atoms with E-state index in [4.69, 9.17) is 0 Å². The zero-order valence-electron chi connectivity index (χ0n) is 12.5. The van der Waals surface area contributed by atoms with Gasteiger partial charge in [0.25, 0.3) is 0 Å². The summed E-state index contributed by atoms with van der Waals surface area (Å²) in [6, 6.07) is 6.75. The van der Waals surface area contributed by atoms with E-state index in [-0.39, 0.29) is 5.25 Å². The Morgan fingerprint density at radius 1 is 0.909 bits per heavy atom. The summed E-state index contributed by atoms with van der Waals surface area (Å²) in [6.07, 6.45) is 2.76. The first-order valence-corrected chi connectivity index (χ1v) is 10.7. The molecule has 1 heterocycles. The summed E-state index contributed by atoms with van der Waals surface area (Å²) in [5, 5.41) is -0.159. The number of sulfonamides is 1. The standard InChI is InChI=1S/C14H20N2O4S2/c1-21(17,18)13-4-2-12(3-5-13)15-8-10-16(11-9-15)22(19,20)14-6-7-14/h2-5,14H,6-11H2,1H3. The third-order valence-electron chi connectivity index (χ3n) is 4.17. The van der Waals surface area contributed by atoms with Crippen molar-refractivity contribution in [2.75, 3.05) is 37.3 Å². The van der Waals surface area contributed by atoms with Crippen LogP contribution in [-0.2, 0) is 19.9 Å². The van der Waals surface area contributed by atoms with Gasteiger partial charge in [-0.3, -0.25) is 0 Å². The Bertz CT molecular complexity index is 745. The van der Waals surface area contributed by atoms with Crippen molar-refractivity contribution >= 4 is 25.5 Å². The van der Waals surface area contributed by atoms with Crippen molar-refractivity contribution in [3.05, 3.63) is 24.3 Å². The van der Waals surface area contributed by atoms with Crippen LogP contribution in [0.1, 0.15) is 12.8 Å². The maximum atomic E-state index is 12.2. The lowest BCUT2D eigenvalue weighted by Crippen LogP contribution is -2.49. The number of hydrogen-bond donors (Lipinski definition) is 0. The van der Waals surface area contributed by atoms with Crippen LogP contribution >= 0.6 is 0 Å². The number of benzene rings is 1. The van der Waals surface area contributed by atoms with E-state index in [1.807, 2.05) is 0 Å². The van der Waals surface area contributed by atoms with Gasteiger partial charge in [-0.1, -0.05) is 0 Å². The van der Waals surface area contributed by atoms with Crippen molar-refractivity contribution in [2.24, 2.45) is 0 Å². The minimum absolute atomic E-state index is 0.159. The highest BCUT2D eigenvalue weighted by Crippen LogP contribution is 2.31. The molecule has 1 aromatic rings. The number of hydrogen-bond acceptors (Lipinski definition) is 5. The van der Waals surface area contributed by atoms with Gasteiger partial charge >= 0.3 is 0 Å². The lowest BCUT2D eigenvalue weighted by molar-refractivity contribution is 0.384. The van der Waals surface area contributed by atoms with Gasteiger partial charge in [-0.25, -0.2) is 16.8 Å². The van der Waals surface area contributed by atoms with Crippen LogP contribution < -0.4 is 4.90 Å². The van der Waals surface area contributed by atoms with Crippen molar-refractivity contribution in [3.63, 3.8) is 0 Å². The van der Waals surface area contributed by atoms with Crippen LogP contribution in [0, 0.1) is 0 Å². The molecule has 6 nitrogen and oxygen atoms in total. The summed E-state index contributed by atoms with van der Waals surface area (Å²) in [6.45, 7) is 2.24. The van der Waals surface area contributed by atoms with Crippen molar-refractivity contribution in [1.29, 1.82) is 0 Å². The maximum Gasteiger partial charge on any atom is 0.217 e. The molecule has 3 rings (SSSR count). The largest absolute Gasteiger partial charge is 0.369 e. The van der Waals surface area contributed by atoms with Crippen LogP contribution in [0.15, 0.2) is 29.2 Å². The van der Waals surface area contributed by atoms with Gasteiger partial charge in [-0.05, 0) is 37.1 Å². The third-order valence-corrected chi connectivity index (χ3v) is 7.70. The molecule has 1 aliphatic heterocycles. The molecule has 1 saturated heterocycles. The van der Waals surface area contributed by atoms with Crippen LogP contribution in [0.3, 0.4) is 0 Å². The molecule has 122 valence electrons. The van der Waals surface area contributed by atoms with E-state index < -0.39 is 19.9 Å². The summed E-state index contributed by atoms with van der Waals surface area (Å²) in [4.78, 5) is 2.39. The van der Waals surface area contributed by atoms with E-state index in [2.05, 4.69) is 4.90 Å². The average molecular weight is 344 g/mol. The molecule has 0 amide bonds. The predicted octanol–water partition coefficient (Wildman–Crippen LogP) is 0.704. The molecule has 1 aromatic carbocycles. The fourth-order valence-electron chi connectivity index (χ4n) is 2.68. The first-order valence-electron chi connectivity index (χ1n) is 7.32. The van der Waals surface area contributed by atoms with Gasteiger partial charge in [0, 0.05) is 38.1 Å². The molecule has 0 bridgehead atoms. The average Bonchev–Trinajstić information content (AvgIpc) is 3.32. The van der Waals surface area contributed by atoms with Gasteiger partial charge in [0.15, 0.2) is 9.84 Å². The molecule has 2 fully saturated rings. The summed E-state index contributed by atoms with van der Waals surface area (Å²) in [7, 11) is -6.28. The number of piperazine rings is 1. The van der Waals surface area contributed by atoms with Gasteiger partial charge in [0.2, 0.25) is 10.0 Å². The monoisotopic (exact) mass is 344 g/mol. The second kappa shape index (κ2) is 5.50. The van der Waals surface area contributed by atoms with Gasteiger partial charge in [0.05, 0.1) is 10.1 Å². The van der Waals surface area contributed by atoms with Crippen molar-refractivity contribution in [1.82, 2.24) is 4.31 Å². The SMILES string of the molecule is CS(=O)(=O)c1ccc(N2CCN(S(=O)(=O)C3CC3)CC2)cc1. The molecule has 0 unspecified atom stereocenters. The highest BCUT2D eigenvalue weighted by molar-refractivity contribution is 7.90. The summed E-state index contributed by atoms with van der Waals surface area (Å²) in [5.74, 6) is 0. The first kappa shape index (κ1) is 15.8. The highest BCUT2D eigenvalue weighted by atomic mass is 32.2. The van der Waals surface area contributed by atoms with E-state index >= 15 is 0 Å². The van der Waals surface area contributed by atoms with Crippen molar-refractivity contribution in [3.8, 4) is 0 Å². The molecular formula is C14H20N2O4S2. The number of rotatable bonds is 4. The Morgan fingerprint density at radius 2 is 1.45 bits per heavy atom. The Morgan fingerprint density at radius 3 is 1.91 bits per heavy atom. The highest BCUT2D eigenvalue weighted by Gasteiger charge is 2.40. The predicted molar refractivity (Wildman–Crippen MR) is 85.3 cm³/mol. The molecule has 2 aliphatic rings. The second-order valence-corrected chi connectivity index (χ2v) is 10.1. The Kier molecular flexibility index (Phi) is 3.94. The van der Waals surface area contributed by atoms with Crippen molar-refractivity contribution < 1.29 is 16.8 Å². The maximum absolute atomic E-state index is 12.2. The van der Waals surface area contributed by atoms with E-state index in [0.717, 1.165) is 18.5 Å². The quantitative estimate of drug-likeness (QED) is 0.804. The Hall–Kier alpha value is -1.12. The molecule has 8 heteroatoms. The fraction of sp³-hybridized carbons (Fsp3) is 0.571. The Labute approximate surface area is 131 Å². The first-order chi connectivity index (χ1) is 10.3. The topological polar surface area (TPSA) is 74.8 Å². The summed E-state index contributed by atoms with van der Waals surface area (Å²) < 4.78 is 48.9. The molecule has 1 aliphatic carbocycles. The molecule has 0 aromatic heterocycles. The zero-order valence-corrected chi connectivity index (χ0v) is 14.1. The summed E-state index contributed by atoms with van der Waals surface area (Å²) >= 11 is 0. The van der Waals surface area contributed by atoms with Gasteiger partial charge < -0.3 is 4.90 Å². The second-order valence-electron chi connectivity index (χ2n) is 5.90. The normalized spacial score (nSPS) is 21.0. The van der Waals surface area contributed by atoms with Crippen LogP contribution in [0.4, 0.5) is 5.69 Å². The zero-order chi connectivity index (χ0) is 16.0. The molecule has 0 N–H and O–H groups in total. The molecule has 0 atom stereocenters. The molecular weight excluding hydrogens is 324 g/mol. The van der Waals surface area contributed by atoms with Crippen LogP contribution in [0.2, 0.25) is 0 Å². The number of anilines is 1. The van der Waals surface area contributed by atoms with Gasteiger partial charge in [-0.15, -0.1) is 0 Å².